The Kier molecular flexibility index (Phi) is 5.65. The third-order valence-corrected chi connectivity index (χ3v) is 3.81. The number of imidazole rings is 1. The Labute approximate surface area is 140 Å². The van der Waals surface area contributed by atoms with Gasteiger partial charge in [-0.3, -0.25) is 4.55 Å². The van der Waals surface area contributed by atoms with Crippen molar-refractivity contribution in [2.24, 2.45) is 24.3 Å². The molecule has 1 aromatic carbocycles. The van der Waals surface area contributed by atoms with E-state index in [1.165, 1.54) is 0 Å². The second-order valence-corrected chi connectivity index (χ2v) is 6.30. The van der Waals surface area contributed by atoms with Crippen LogP contribution in [0.4, 0.5) is 17.3 Å². The highest BCUT2D eigenvalue weighted by Gasteiger charge is 2.10. The van der Waals surface area contributed by atoms with E-state index in [0.29, 0.717) is 12.2 Å². The maximum Gasteiger partial charge on any atom is 0.421 e. The van der Waals surface area contributed by atoms with E-state index < -0.39 is 10.4 Å². The molecule has 24 heavy (non-hydrogen) atoms. The Morgan fingerprint density at radius 2 is 1.96 bits per heavy atom. The maximum atomic E-state index is 10.5. The van der Waals surface area contributed by atoms with E-state index in [-0.39, 0.29) is 6.61 Å². The molecule has 9 nitrogen and oxygen atoms in total. The van der Waals surface area contributed by atoms with Crippen LogP contribution < -0.4 is 9.47 Å². The van der Waals surface area contributed by atoms with Crippen LogP contribution in [0.25, 0.3) is 0 Å². The number of nitrogens with zero attached hydrogens (tertiary/aromatic N) is 5. The zero-order valence-corrected chi connectivity index (χ0v) is 14.5. The van der Waals surface area contributed by atoms with Crippen molar-refractivity contribution in [3.05, 3.63) is 36.7 Å². The second-order valence-electron chi connectivity index (χ2n) is 5.21. The number of aromatic nitrogens is 2. The van der Waals surface area contributed by atoms with Crippen LogP contribution >= 0.6 is 0 Å². The average Bonchev–Trinajstić information content (AvgIpc) is 2.83. The predicted octanol–water partition coefficient (Wildman–Crippen LogP) is 1.52. The van der Waals surface area contributed by atoms with E-state index in [0.717, 1.165) is 11.6 Å². The minimum atomic E-state index is -4.40. The van der Waals surface area contributed by atoms with E-state index in [9.17, 15) is 8.42 Å². The number of likely N-dealkylation sites (N-methyl/N-ethyl adjacent to an activating group) is 1. The maximum absolute atomic E-state index is 10.5. The van der Waals surface area contributed by atoms with Crippen molar-refractivity contribution in [3.63, 3.8) is 0 Å². The van der Waals surface area contributed by atoms with E-state index in [2.05, 4.69) is 14.4 Å². The quantitative estimate of drug-likeness (QED) is 0.462. The number of anilines is 1. The van der Waals surface area contributed by atoms with Crippen LogP contribution in [0, 0.1) is 0 Å². The van der Waals surface area contributed by atoms with Gasteiger partial charge in [-0.2, -0.15) is 8.42 Å². The van der Waals surface area contributed by atoms with Crippen molar-refractivity contribution in [2.45, 2.75) is 0 Å². The summed E-state index contributed by atoms with van der Waals surface area (Å²) in [7, 11) is 1.16. The molecule has 0 atom stereocenters. The van der Waals surface area contributed by atoms with Gasteiger partial charge in [0, 0.05) is 24.4 Å². The van der Waals surface area contributed by atoms with Gasteiger partial charge in [-0.25, -0.2) is 13.3 Å². The fraction of sp³-hybridized carbons (Fsp3) is 0.357. The first-order chi connectivity index (χ1) is 11.3. The molecule has 0 aliphatic heterocycles. The summed E-state index contributed by atoms with van der Waals surface area (Å²) in [6, 6.07) is 7.30. The monoisotopic (exact) mass is 354 g/mol. The lowest BCUT2D eigenvalue weighted by molar-refractivity contribution is -0.657. The summed E-state index contributed by atoms with van der Waals surface area (Å²) in [4.78, 5) is 1.79. The van der Waals surface area contributed by atoms with Crippen LogP contribution in [0.5, 0.6) is 0 Å². The molecule has 0 saturated carbocycles. The highest BCUT2D eigenvalue weighted by molar-refractivity contribution is 7.80. The van der Waals surface area contributed by atoms with Gasteiger partial charge in [0.2, 0.25) is 0 Å². The van der Waals surface area contributed by atoms with Crippen molar-refractivity contribution >= 4 is 27.7 Å². The van der Waals surface area contributed by atoms with Gasteiger partial charge in [-0.15, -0.1) is 0 Å². The third kappa shape index (κ3) is 5.11. The summed E-state index contributed by atoms with van der Waals surface area (Å²) >= 11 is 0. The van der Waals surface area contributed by atoms with E-state index >= 15 is 0 Å². The van der Waals surface area contributed by atoms with E-state index in [4.69, 9.17) is 4.55 Å². The topological polar surface area (TPSA) is 100 Å². The van der Waals surface area contributed by atoms with E-state index in [1.807, 2.05) is 59.9 Å². The van der Waals surface area contributed by atoms with Crippen LogP contribution in [0.1, 0.15) is 0 Å². The van der Waals surface area contributed by atoms with Crippen LogP contribution in [0.15, 0.2) is 46.9 Å². The van der Waals surface area contributed by atoms with Crippen LogP contribution in [-0.2, 0) is 28.7 Å². The van der Waals surface area contributed by atoms with Gasteiger partial charge in [0.1, 0.15) is 5.69 Å². The molecule has 0 fully saturated rings. The summed E-state index contributed by atoms with van der Waals surface area (Å²) in [6.45, 7) is 0.167. The Balaban J connectivity index is 1.97. The summed E-state index contributed by atoms with van der Waals surface area (Å²) in [5, 5.41) is 8.40. The smallest absolute Gasteiger partial charge is 0.372 e. The predicted molar refractivity (Wildman–Crippen MR) is 88.0 cm³/mol. The number of azo groups is 1. The van der Waals surface area contributed by atoms with Crippen molar-refractivity contribution in [2.75, 3.05) is 25.1 Å². The minimum Gasteiger partial charge on any atom is -0.372 e. The first-order valence-electron chi connectivity index (χ1n) is 7.12. The van der Waals surface area contributed by atoms with Crippen molar-refractivity contribution < 1.29 is 21.7 Å². The number of hydrogen-bond donors (Lipinski definition) is 1. The molecule has 0 spiro atoms. The largest absolute Gasteiger partial charge is 0.421 e. The lowest BCUT2D eigenvalue weighted by Gasteiger charge is -2.18. The summed E-state index contributed by atoms with van der Waals surface area (Å²) in [5.41, 5.74) is 1.56. The molecule has 0 aliphatic carbocycles. The van der Waals surface area contributed by atoms with Gasteiger partial charge in [-0.1, -0.05) is 5.11 Å². The van der Waals surface area contributed by atoms with Crippen LogP contribution in [0.3, 0.4) is 0 Å². The molecule has 2 aromatic rings. The standard InChI is InChI=1S/C14H19N5O4S/c1-17(10-11-23-24(20,21)22)13-6-4-12(5-7-13)15-16-14-18(2)8-9-19(14)3/h4-9H,10-11H2,1-3H3/p+1. The molecule has 0 amide bonds. The third-order valence-electron chi connectivity index (χ3n) is 3.35. The first kappa shape index (κ1) is 18.0. The molecule has 10 heteroatoms. The zero-order chi connectivity index (χ0) is 17.7. The van der Waals surface area contributed by atoms with Gasteiger partial charge in [0.25, 0.3) is 0 Å². The Hall–Kier alpha value is -2.30. The number of benzene rings is 1. The molecule has 1 heterocycles. The average molecular weight is 354 g/mol. The molecule has 0 aliphatic rings. The van der Waals surface area contributed by atoms with Crippen molar-refractivity contribution in [1.82, 2.24) is 4.57 Å². The number of hydrogen-bond acceptors (Lipinski definition) is 6. The highest BCUT2D eigenvalue weighted by atomic mass is 32.3. The molecule has 1 aromatic heterocycles. The van der Waals surface area contributed by atoms with Gasteiger partial charge < -0.3 is 4.90 Å². The second kappa shape index (κ2) is 7.51. The number of aryl methyl sites for hydroxylation is 2. The molecule has 0 bridgehead atoms. The van der Waals surface area contributed by atoms with Crippen LogP contribution in [0.2, 0.25) is 0 Å². The van der Waals surface area contributed by atoms with E-state index in [1.54, 1.807) is 11.9 Å². The van der Waals surface area contributed by atoms with Gasteiger partial charge in [0.05, 0.1) is 33.1 Å². The summed E-state index contributed by atoms with van der Waals surface area (Å²) < 4.78 is 37.5. The molecular formula is C14H20N5O4S+. The summed E-state index contributed by atoms with van der Waals surface area (Å²) in [5.74, 6) is 0.721. The zero-order valence-electron chi connectivity index (χ0n) is 13.7. The molecule has 1 N–H and O–H groups in total. The molecule has 0 saturated heterocycles. The molecule has 0 radical (unpaired) electrons. The Morgan fingerprint density at radius 3 is 2.50 bits per heavy atom. The Morgan fingerprint density at radius 1 is 1.29 bits per heavy atom. The SMILES string of the molecule is CN(CCOS(=O)(=O)O)c1ccc(N=Nc2n(C)cc[n+]2C)cc1. The van der Waals surface area contributed by atoms with Crippen molar-refractivity contribution in [3.8, 4) is 0 Å². The first-order valence-corrected chi connectivity index (χ1v) is 8.48. The van der Waals surface area contributed by atoms with Crippen LogP contribution in [-0.4, -0.2) is 37.7 Å². The number of rotatable bonds is 7. The van der Waals surface area contributed by atoms with Gasteiger partial charge >= 0.3 is 16.3 Å². The lowest BCUT2D eigenvalue weighted by atomic mass is 10.2. The fourth-order valence-electron chi connectivity index (χ4n) is 2.01. The minimum absolute atomic E-state index is 0.138. The van der Waals surface area contributed by atoms with Gasteiger partial charge in [-0.05, 0) is 24.3 Å². The van der Waals surface area contributed by atoms with Crippen molar-refractivity contribution in [1.29, 1.82) is 0 Å². The normalized spacial score (nSPS) is 12.0. The van der Waals surface area contributed by atoms with Gasteiger partial charge in [0.15, 0.2) is 0 Å². The molecular weight excluding hydrogens is 334 g/mol. The molecule has 0 unspecified atom stereocenters. The summed E-state index contributed by atoms with van der Waals surface area (Å²) in [6.07, 6.45) is 3.78. The Bertz CT molecular complexity index is 795. The lowest BCUT2D eigenvalue weighted by Crippen LogP contribution is -2.25. The fourth-order valence-corrected chi connectivity index (χ4v) is 2.29. The molecule has 2 rings (SSSR count). The molecule has 130 valence electrons. The highest BCUT2D eigenvalue weighted by Crippen LogP contribution is 2.20.